The third-order valence-corrected chi connectivity index (χ3v) is 7.72. The molecule has 2 aromatic carbocycles. The number of furan rings is 1. The second-order valence-corrected chi connectivity index (χ2v) is 9.73. The van der Waals surface area contributed by atoms with Crippen LogP contribution in [0.1, 0.15) is 10.6 Å². The van der Waals surface area contributed by atoms with Gasteiger partial charge in [-0.2, -0.15) is 4.31 Å². The van der Waals surface area contributed by atoms with Crippen molar-refractivity contribution in [1.82, 2.24) is 19.0 Å². The molecular weight excluding hydrogens is 460 g/mol. The molecular formula is C23H20N4O6S. The molecule has 0 atom stereocenters. The molecule has 1 amide bonds. The number of sulfonamides is 1. The average Bonchev–Trinajstić information content (AvgIpc) is 3.41. The molecule has 0 spiro atoms. The zero-order valence-electron chi connectivity index (χ0n) is 17.9. The number of hydrogen-bond donors (Lipinski definition) is 1. The number of benzene rings is 2. The first-order chi connectivity index (χ1) is 16.4. The molecule has 1 N–H and O–H groups in total. The number of piperazine rings is 1. The minimum atomic E-state index is -3.80. The van der Waals surface area contributed by atoms with E-state index in [2.05, 4.69) is 5.10 Å². The first-order valence-corrected chi connectivity index (χ1v) is 12.0. The van der Waals surface area contributed by atoms with Crippen molar-refractivity contribution < 1.29 is 17.6 Å². The van der Waals surface area contributed by atoms with Crippen LogP contribution in [0.3, 0.4) is 0 Å². The highest BCUT2D eigenvalue weighted by molar-refractivity contribution is 7.89. The van der Waals surface area contributed by atoms with Crippen molar-refractivity contribution in [3.8, 4) is 5.69 Å². The number of nitrogens with zero attached hydrogens (tertiary/aromatic N) is 3. The maximum Gasteiger partial charge on any atom is 0.289 e. The molecule has 1 saturated heterocycles. The highest BCUT2D eigenvalue weighted by Gasteiger charge is 2.31. The molecule has 34 heavy (non-hydrogen) atoms. The van der Waals surface area contributed by atoms with Gasteiger partial charge in [-0.3, -0.25) is 19.5 Å². The molecule has 5 rings (SSSR count). The van der Waals surface area contributed by atoms with Crippen LogP contribution in [0.15, 0.2) is 85.8 Å². The normalized spacial score (nSPS) is 15.0. The van der Waals surface area contributed by atoms with Gasteiger partial charge in [0.25, 0.3) is 17.0 Å². The van der Waals surface area contributed by atoms with Crippen LogP contribution in [0.5, 0.6) is 0 Å². The Hall–Kier alpha value is -3.96. The molecule has 1 aliphatic rings. The Morgan fingerprint density at radius 1 is 0.853 bits per heavy atom. The zero-order chi connectivity index (χ0) is 23.9. The molecule has 11 heteroatoms. The molecule has 0 unspecified atom stereocenters. The molecule has 1 fully saturated rings. The number of amides is 1. The van der Waals surface area contributed by atoms with E-state index in [1.807, 2.05) is 0 Å². The fraction of sp³-hybridized carbons (Fsp3) is 0.174. The van der Waals surface area contributed by atoms with Crippen molar-refractivity contribution in [2.24, 2.45) is 0 Å². The second-order valence-electron chi connectivity index (χ2n) is 7.79. The van der Waals surface area contributed by atoms with E-state index >= 15 is 0 Å². The van der Waals surface area contributed by atoms with Gasteiger partial charge in [-0.1, -0.05) is 12.1 Å². The van der Waals surface area contributed by atoms with E-state index in [0.29, 0.717) is 5.69 Å². The molecule has 3 heterocycles. The van der Waals surface area contributed by atoms with Crippen LogP contribution in [0.2, 0.25) is 0 Å². The Balaban J connectivity index is 1.36. The lowest BCUT2D eigenvalue weighted by atomic mass is 10.2. The SMILES string of the molecule is O=C(c1ccco1)N1CCN(S(=O)(=O)c2ccc(-n3[nH]c(=O)c4ccccc4c3=O)cc2)CC1. The van der Waals surface area contributed by atoms with Gasteiger partial charge in [-0.15, -0.1) is 0 Å². The average molecular weight is 481 g/mol. The molecule has 0 radical (unpaired) electrons. The Kier molecular flexibility index (Phi) is 5.42. The second kappa shape index (κ2) is 8.43. The van der Waals surface area contributed by atoms with Crippen molar-refractivity contribution in [3.05, 3.63) is 93.4 Å². The summed E-state index contributed by atoms with van der Waals surface area (Å²) in [5.41, 5.74) is -0.502. The highest BCUT2D eigenvalue weighted by atomic mass is 32.2. The number of H-pyrrole nitrogens is 1. The summed E-state index contributed by atoms with van der Waals surface area (Å²) in [5.74, 6) is -0.0601. The van der Waals surface area contributed by atoms with Crippen molar-refractivity contribution in [2.45, 2.75) is 4.90 Å². The lowest BCUT2D eigenvalue weighted by Crippen LogP contribution is -2.50. The third kappa shape index (κ3) is 3.74. The summed E-state index contributed by atoms with van der Waals surface area (Å²) in [6.45, 7) is 0.775. The Morgan fingerprint density at radius 3 is 2.18 bits per heavy atom. The van der Waals surface area contributed by atoms with Gasteiger partial charge in [0.05, 0.1) is 27.6 Å². The Morgan fingerprint density at radius 2 is 1.53 bits per heavy atom. The molecule has 0 aliphatic carbocycles. The largest absolute Gasteiger partial charge is 0.459 e. The number of carbonyl (C=O) groups is 1. The molecule has 174 valence electrons. The van der Waals surface area contributed by atoms with Gasteiger partial charge in [0, 0.05) is 26.2 Å². The summed E-state index contributed by atoms with van der Waals surface area (Å²) in [5, 5.41) is 3.08. The van der Waals surface area contributed by atoms with Gasteiger partial charge < -0.3 is 9.32 Å². The predicted octanol–water partition coefficient (Wildman–Crippen LogP) is 1.42. The van der Waals surface area contributed by atoms with E-state index in [-0.39, 0.29) is 53.5 Å². The molecule has 10 nitrogen and oxygen atoms in total. The van der Waals surface area contributed by atoms with Crippen LogP contribution in [-0.2, 0) is 10.0 Å². The molecule has 4 aromatic rings. The summed E-state index contributed by atoms with van der Waals surface area (Å²) in [6.07, 6.45) is 1.42. The lowest BCUT2D eigenvalue weighted by Gasteiger charge is -2.33. The van der Waals surface area contributed by atoms with Gasteiger partial charge in [-0.25, -0.2) is 13.1 Å². The van der Waals surface area contributed by atoms with Crippen LogP contribution in [0.25, 0.3) is 16.5 Å². The van der Waals surface area contributed by atoms with E-state index in [9.17, 15) is 22.8 Å². The number of aromatic nitrogens is 2. The zero-order valence-corrected chi connectivity index (χ0v) is 18.7. The third-order valence-electron chi connectivity index (χ3n) is 5.81. The van der Waals surface area contributed by atoms with E-state index < -0.39 is 21.1 Å². The molecule has 2 aromatic heterocycles. The summed E-state index contributed by atoms with van der Waals surface area (Å²) in [6, 6.07) is 15.4. The van der Waals surface area contributed by atoms with Crippen LogP contribution in [-0.4, -0.2) is 59.5 Å². The quantitative estimate of drug-likeness (QED) is 0.471. The van der Waals surface area contributed by atoms with Gasteiger partial charge in [0.15, 0.2) is 5.76 Å². The maximum absolute atomic E-state index is 13.1. The summed E-state index contributed by atoms with van der Waals surface area (Å²) in [7, 11) is -3.80. The van der Waals surface area contributed by atoms with Crippen molar-refractivity contribution >= 4 is 26.7 Å². The number of rotatable bonds is 4. The Labute approximate surface area is 193 Å². The minimum Gasteiger partial charge on any atom is -0.459 e. The van der Waals surface area contributed by atoms with Crippen molar-refractivity contribution in [1.29, 1.82) is 0 Å². The fourth-order valence-electron chi connectivity index (χ4n) is 3.99. The van der Waals surface area contributed by atoms with Gasteiger partial charge >= 0.3 is 0 Å². The smallest absolute Gasteiger partial charge is 0.289 e. The molecule has 0 saturated carbocycles. The standard InChI is InChI=1S/C23H20N4O6S/c28-21-18-4-1-2-5-19(18)22(29)27(24-21)16-7-9-17(10-8-16)34(31,32)26-13-11-25(12-14-26)23(30)20-6-3-15-33-20/h1-10,15H,11-14H2,(H,24,28). The maximum atomic E-state index is 13.1. The van der Waals surface area contributed by atoms with E-state index in [1.165, 1.54) is 34.8 Å². The first kappa shape index (κ1) is 21.9. The number of fused-ring (bicyclic) bond motifs is 1. The molecule has 0 bridgehead atoms. The van der Waals surface area contributed by atoms with Gasteiger partial charge in [0.1, 0.15) is 0 Å². The van der Waals surface area contributed by atoms with E-state index in [4.69, 9.17) is 4.42 Å². The predicted molar refractivity (Wildman–Crippen MR) is 124 cm³/mol. The van der Waals surface area contributed by atoms with Crippen LogP contribution in [0, 0.1) is 0 Å². The van der Waals surface area contributed by atoms with Crippen LogP contribution >= 0.6 is 0 Å². The monoisotopic (exact) mass is 480 g/mol. The summed E-state index contributed by atoms with van der Waals surface area (Å²) < 4.78 is 33.8. The van der Waals surface area contributed by atoms with Crippen molar-refractivity contribution in [2.75, 3.05) is 26.2 Å². The van der Waals surface area contributed by atoms with Gasteiger partial charge in [-0.05, 0) is 48.5 Å². The minimum absolute atomic E-state index is 0.0539. The van der Waals surface area contributed by atoms with E-state index in [0.717, 1.165) is 4.68 Å². The highest BCUT2D eigenvalue weighted by Crippen LogP contribution is 2.20. The topological polar surface area (TPSA) is 126 Å². The number of carbonyl (C=O) groups excluding carboxylic acids is 1. The van der Waals surface area contributed by atoms with Crippen molar-refractivity contribution in [3.63, 3.8) is 0 Å². The number of nitrogens with one attached hydrogen (secondary N) is 1. The van der Waals surface area contributed by atoms with E-state index in [1.54, 1.807) is 41.3 Å². The number of hydrogen-bond acceptors (Lipinski definition) is 6. The van der Waals surface area contributed by atoms with Gasteiger partial charge in [0.2, 0.25) is 10.0 Å². The lowest BCUT2D eigenvalue weighted by molar-refractivity contribution is 0.0666. The van der Waals surface area contributed by atoms with Crippen LogP contribution < -0.4 is 11.1 Å². The Bertz CT molecular complexity index is 1580. The molecule has 1 aliphatic heterocycles. The van der Waals surface area contributed by atoms with Crippen LogP contribution in [0.4, 0.5) is 0 Å². The first-order valence-electron chi connectivity index (χ1n) is 10.5. The fourth-order valence-corrected chi connectivity index (χ4v) is 5.41. The number of aromatic amines is 1. The summed E-state index contributed by atoms with van der Waals surface area (Å²) in [4.78, 5) is 39.2. The summed E-state index contributed by atoms with van der Waals surface area (Å²) >= 11 is 0.